The van der Waals surface area contributed by atoms with Crippen LogP contribution < -0.4 is 4.90 Å². The molecule has 2 aromatic rings. The Bertz CT molecular complexity index is 773. The summed E-state index contributed by atoms with van der Waals surface area (Å²) in [6, 6.07) is 6.95. The number of piperazine rings is 1. The Kier molecular flexibility index (Phi) is 4.75. The largest absolute Gasteiger partial charge is 0.353 e. The quantitative estimate of drug-likeness (QED) is 0.763. The SMILES string of the molecule is O=S(=O)(c1ccc(Br)s1)N1CCN(c2ncccc2Cl)CC1. The minimum atomic E-state index is -3.42. The van der Waals surface area contributed by atoms with Crippen LogP contribution in [-0.2, 0) is 10.0 Å². The molecular weight excluding hydrogens is 410 g/mol. The maximum absolute atomic E-state index is 12.6. The third-order valence-electron chi connectivity index (χ3n) is 3.42. The number of hydrogen-bond acceptors (Lipinski definition) is 5. The van der Waals surface area contributed by atoms with E-state index in [1.54, 1.807) is 30.5 Å². The van der Waals surface area contributed by atoms with E-state index < -0.39 is 10.0 Å². The zero-order chi connectivity index (χ0) is 15.7. The van der Waals surface area contributed by atoms with E-state index in [1.807, 2.05) is 4.90 Å². The molecule has 2 aromatic heterocycles. The van der Waals surface area contributed by atoms with Crippen molar-refractivity contribution >= 4 is 54.7 Å². The summed E-state index contributed by atoms with van der Waals surface area (Å²) in [6.07, 6.45) is 1.69. The van der Waals surface area contributed by atoms with Crippen LogP contribution in [0.15, 0.2) is 38.5 Å². The Hall–Kier alpha value is -0.670. The summed E-state index contributed by atoms with van der Waals surface area (Å²) in [7, 11) is -3.42. The standard InChI is InChI=1S/C13H13BrClN3O2S2/c14-11-3-4-12(21-11)22(19,20)18-8-6-17(7-9-18)13-10(15)2-1-5-16-13/h1-5H,6-9H2. The smallest absolute Gasteiger partial charge is 0.252 e. The van der Waals surface area contributed by atoms with Gasteiger partial charge in [0.15, 0.2) is 0 Å². The third kappa shape index (κ3) is 3.16. The first kappa shape index (κ1) is 16.2. The molecule has 0 aliphatic carbocycles. The number of aromatic nitrogens is 1. The summed E-state index contributed by atoms with van der Waals surface area (Å²) in [5.41, 5.74) is 0. The molecule has 0 unspecified atom stereocenters. The highest BCUT2D eigenvalue weighted by molar-refractivity contribution is 9.11. The monoisotopic (exact) mass is 421 g/mol. The van der Waals surface area contributed by atoms with Gasteiger partial charge in [0.05, 0.1) is 8.81 Å². The number of pyridine rings is 1. The van der Waals surface area contributed by atoms with Crippen LogP contribution in [0.4, 0.5) is 5.82 Å². The molecule has 0 aromatic carbocycles. The van der Waals surface area contributed by atoms with E-state index in [1.165, 1.54) is 15.6 Å². The van der Waals surface area contributed by atoms with Crippen molar-refractivity contribution in [1.82, 2.24) is 9.29 Å². The van der Waals surface area contributed by atoms with Gasteiger partial charge in [0, 0.05) is 32.4 Å². The second-order valence-corrected chi connectivity index (χ2v) is 9.79. The van der Waals surface area contributed by atoms with Gasteiger partial charge in [0.2, 0.25) is 0 Å². The van der Waals surface area contributed by atoms with Crippen molar-refractivity contribution < 1.29 is 8.42 Å². The molecule has 9 heteroatoms. The normalized spacial score (nSPS) is 16.9. The van der Waals surface area contributed by atoms with E-state index in [2.05, 4.69) is 20.9 Å². The summed E-state index contributed by atoms with van der Waals surface area (Å²) >= 11 is 10.7. The molecule has 3 rings (SSSR count). The average molecular weight is 423 g/mol. The first-order chi connectivity index (χ1) is 10.5. The van der Waals surface area contributed by atoms with Crippen molar-refractivity contribution in [2.24, 2.45) is 0 Å². The number of thiophene rings is 1. The number of nitrogens with zero attached hydrogens (tertiary/aromatic N) is 3. The van der Waals surface area contributed by atoms with Crippen molar-refractivity contribution in [2.75, 3.05) is 31.1 Å². The topological polar surface area (TPSA) is 53.5 Å². The van der Waals surface area contributed by atoms with Gasteiger partial charge in [-0.05, 0) is 40.2 Å². The molecule has 0 N–H and O–H groups in total. The van der Waals surface area contributed by atoms with Crippen LogP contribution >= 0.6 is 38.9 Å². The van der Waals surface area contributed by atoms with E-state index in [0.29, 0.717) is 41.2 Å². The fraction of sp³-hybridized carbons (Fsp3) is 0.308. The van der Waals surface area contributed by atoms with Crippen LogP contribution in [0.5, 0.6) is 0 Å². The summed E-state index contributed by atoms with van der Waals surface area (Å²) in [6.45, 7) is 1.99. The maximum atomic E-state index is 12.6. The third-order valence-corrected chi connectivity index (χ3v) is 7.70. The molecule has 0 radical (unpaired) electrons. The molecule has 5 nitrogen and oxygen atoms in total. The van der Waals surface area contributed by atoms with Crippen LogP contribution in [0, 0.1) is 0 Å². The molecule has 0 spiro atoms. The first-order valence-corrected chi connectivity index (χ1v) is 10.0. The lowest BCUT2D eigenvalue weighted by Crippen LogP contribution is -2.48. The van der Waals surface area contributed by atoms with Gasteiger partial charge in [0.25, 0.3) is 10.0 Å². The predicted molar refractivity (Wildman–Crippen MR) is 92.2 cm³/mol. The summed E-state index contributed by atoms with van der Waals surface area (Å²) in [5, 5.41) is 0.584. The fourth-order valence-electron chi connectivity index (χ4n) is 2.31. The molecule has 0 saturated carbocycles. The lowest BCUT2D eigenvalue weighted by molar-refractivity contribution is 0.385. The lowest BCUT2D eigenvalue weighted by Gasteiger charge is -2.34. The first-order valence-electron chi connectivity index (χ1n) is 6.59. The predicted octanol–water partition coefficient (Wildman–Crippen LogP) is 3.07. The molecule has 118 valence electrons. The Morgan fingerprint density at radius 3 is 2.50 bits per heavy atom. The van der Waals surface area contributed by atoms with Crippen molar-refractivity contribution in [1.29, 1.82) is 0 Å². The highest BCUT2D eigenvalue weighted by atomic mass is 79.9. The minimum absolute atomic E-state index is 0.365. The van der Waals surface area contributed by atoms with Gasteiger partial charge in [-0.1, -0.05) is 11.6 Å². The molecule has 1 aliphatic rings. The fourth-order valence-corrected chi connectivity index (χ4v) is 6.14. The van der Waals surface area contributed by atoms with Gasteiger partial charge in [-0.2, -0.15) is 4.31 Å². The van der Waals surface area contributed by atoms with Crippen LogP contribution in [0.3, 0.4) is 0 Å². The zero-order valence-electron chi connectivity index (χ0n) is 11.4. The number of rotatable bonds is 3. The Morgan fingerprint density at radius 1 is 1.18 bits per heavy atom. The second kappa shape index (κ2) is 6.45. The Labute approximate surface area is 146 Å². The number of halogens is 2. The summed E-state index contributed by atoms with van der Waals surface area (Å²) in [4.78, 5) is 6.29. The molecule has 1 aliphatic heterocycles. The van der Waals surface area contributed by atoms with Gasteiger partial charge in [-0.25, -0.2) is 13.4 Å². The van der Waals surface area contributed by atoms with Crippen molar-refractivity contribution in [3.63, 3.8) is 0 Å². The molecule has 22 heavy (non-hydrogen) atoms. The van der Waals surface area contributed by atoms with Gasteiger partial charge in [-0.3, -0.25) is 0 Å². The average Bonchev–Trinajstić information content (AvgIpc) is 2.95. The van der Waals surface area contributed by atoms with Gasteiger partial charge in [-0.15, -0.1) is 11.3 Å². The van der Waals surface area contributed by atoms with Gasteiger partial charge >= 0.3 is 0 Å². The van der Waals surface area contributed by atoms with Crippen LogP contribution in [0.1, 0.15) is 0 Å². The molecule has 0 amide bonds. The van der Waals surface area contributed by atoms with Crippen LogP contribution in [0.2, 0.25) is 5.02 Å². The Balaban J connectivity index is 1.73. The minimum Gasteiger partial charge on any atom is -0.353 e. The van der Waals surface area contributed by atoms with E-state index in [-0.39, 0.29) is 0 Å². The van der Waals surface area contributed by atoms with E-state index in [4.69, 9.17) is 11.6 Å². The van der Waals surface area contributed by atoms with Crippen LogP contribution in [-0.4, -0.2) is 43.9 Å². The van der Waals surface area contributed by atoms with E-state index >= 15 is 0 Å². The highest BCUT2D eigenvalue weighted by Gasteiger charge is 2.30. The second-order valence-electron chi connectivity index (χ2n) is 4.76. The summed E-state index contributed by atoms with van der Waals surface area (Å²) < 4.78 is 27.8. The molecule has 0 atom stereocenters. The highest BCUT2D eigenvalue weighted by Crippen LogP contribution is 2.30. The van der Waals surface area contributed by atoms with E-state index in [0.717, 1.165) is 3.79 Å². The number of hydrogen-bond donors (Lipinski definition) is 0. The van der Waals surface area contributed by atoms with Crippen molar-refractivity contribution in [2.45, 2.75) is 4.21 Å². The van der Waals surface area contributed by atoms with Gasteiger partial charge in [0.1, 0.15) is 10.0 Å². The van der Waals surface area contributed by atoms with Crippen molar-refractivity contribution in [3.8, 4) is 0 Å². The van der Waals surface area contributed by atoms with Crippen molar-refractivity contribution in [3.05, 3.63) is 39.3 Å². The van der Waals surface area contributed by atoms with Crippen LogP contribution in [0.25, 0.3) is 0 Å². The zero-order valence-corrected chi connectivity index (χ0v) is 15.4. The molecular formula is C13H13BrClN3O2S2. The maximum Gasteiger partial charge on any atom is 0.252 e. The molecule has 1 saturated heterocycles. The summed E-state index contributed by atoms with van der Waals surface area (Å²) in [5.74, 6) is 0.708. The number of anilines is 1. The molecule has 0 bridgehead atoms. The molecule has 3 heterocycles. The molecule has 1 fully saturated rings. The Morgan fingerprint density at radius 2 is 1.91 bits per heavy atom. The number of sulfonamides is 1. The van der Waals surface area contributed by atoms with Gasteiger partial charge < -0.3 is 4.90 Å². The van der Waals surface area contributed by atoms with E-state index in [9.17, 15) is 8.42 Å². The lowest BCUT2D eigenvalue weighted by atomic mass is 10.3.